The molecule has 0 fully saturated rings. The molecule has 12 rings (SSSR count). The molecule has 0 unspecified atom stereocenters. The molecule has 0 saturated heterocycles. The first-order valence-corrected chi connectivity index (χ1v) is 17.4. The molecule has 8 aromatic carbocycles. The van der Waals surface area contributed by atoms with Crippen molar-refractivity contribution < 1.29 is 4.42 Å². The van der Waals surface area contributed by atoms with E-state index in [1.54, 1.807) is 0 Å². The summed E-state index contributed by atoms with van der Waals surface area (Å²) in [7, 11) is 0. The van der Waals surface area contributed by atoms with Crippen molar-refractivity contribution >= 4 is 92.9 Å². The molecule has 51 heavy (non-hydrogen) atoms. The number of hydrogen-bond acceptors (Lipinski definition) is 2. The summed E-state index contributed by atoms with van der Waals surface area (Å²) in [5, 5.41) is 10.8. The maximum absolute atomic E-state index is 6.12. The van der Waals surface area contributed by atoms with Crippen LogP contribution in [0.25, 0.3) is 110 Å². The third kappa shape index (κ3) is 3.65. The van der Waals surface area contributed by atoms with Crippen LogP contribution in [0.1, 0.15) is 0 Å². The molecule has 4 heterocycles. The van der Waals surface area contributed by atoms with Crippen molar-refractivity contribution in [3.8, 4) is 16.8 Å². The number of benzene rings is 8. The average molecular weight is 650 g/mol. The van der Waals surface area contributed by atoms with Crippen molar-refractivity contribution in [1.82, 2.24) is 14.0 Å². The lowest BCUT2D eigenvalue weighted by Crippen LogP contribution is -1.96. The number of hydrogen-bond donors (Lipinski definition) is 0. The number of aromatic nitrogens is 3. The molecule has 0 saturated carbocycles. The van der Waals surface area contributed by atoms with Crippen molar-refractivity contribution in [2.75, 3.05) is 0 Å². The fourth-order valence-corrected chi connectivity index (χ4v) is 8.55. The predicted molar refractivity (Wildman–Crippen MR) is 212 cm³/mol. The SMILES string of the molecule is c1ccc2c(c1)ccc1c3cc4c5ccccc5n5c6ccccc6nc5c4cc3n(-c3ccc(-c4ccc5oc6ccccc6c5c4)cc3)c21. The van der Waals surface area contributed by atoms with E-state index < -0.39 is 0 Å². The predicted octanol–water partition coefficient (Wildman–Crippen LogP) is 12.6. The van der Waals surface area contributed by atoms with Gasteiger partial charge in [0.05, 0.1) is 27.6 Å². The number of nitrogens with zero attached hydrogens (tertiary/aromatic N) is 3. The molecular weight excluding hydrogens is 623 g/mol. The van der Waals surface area contributed by atoms with Gasteiger partial charge in [0, 0.05) is 43.4 Å². The van der Waals surface area contributed by atoms with E-state index in [1.807, 2.05) is 12.1 Å². The van der Waals surface area contributed by atoms with E-state index in [1.165, 1.54) is 54.5 Å². The van der Waals surface area contributed by atoms with E-state index in [9.17, 15) is 0 Å². The minimum Gasteiger partial charge on any atom is -0.456 e. The summed E-state index contributed by atoms with van der Waals surface area (Å²) in [5.41, 5.74) is 11.9. The lowest BCUT2D eigenvalue weighted by atomic mass is 10.0. The van der Waals surface area contributed by atoms with E-state index in [0.717, 1.165) is 55.2 Å². The van der Waals surface area contributed by atoms with Crippen LogP contribution in [0.5, 0.6) is 0 Å². The molecule has 236 valence electrons. The second-order valence-electron chi connectivity index (χ2n) is 13.6. The Morgan fingerprint density at radius 1 is 0.412 bits per heavy atom. The first-order chi connectivity index (χ1) is 25.3. The van der Waals surface area contributed by atoms with Crippen molar-refractivity contribution in [3.05, 3.63) is 164 Å². The molecule has 0 spiro atoms. The highest BCUT2D eigenvalue weighted by Gasteiger charge is 2.20. The quantitative estimate of drug-likeness (QED) is 0.175. The van der Waals surface area contributed by atoms with Crippen LogP contribution in [0.4, 0.5) is 0 Å². The van der Waals surface area contributed by atoms with Gasteiger partial charge in [0.1, 0.15) is 16.8 Å². The van der Waals surface area contributed by atoms with Gasteiger partial charge in [-0.1, -0.05) is 103 Å². The molecule has 0 N–H and O–H groups in total. The highest BCUT2D eigenvalue weighted by molar-refractivity contribution is 6.24. The molecule has 12 aromatic rings. The zero-order chi connectivity index (χ0) is 33.2. The third-order valence-electron chi connectivity index (χ3n) is 10.9. The van der Waals surface area contributed by atoms with Crippen molar-refractivity contribution in [2.45, 2.75) is 0 Å². The number of para-hydroxylation sites is 4. The molecule has 0 aliphatic heterocycles. The lowest BCUT2D eigenvalue weighted by molar-refractivity contribution is 0.669. The van der Waals surface area contributed by atoms with Gasteiger partial charge in [0.15, 0.2) is 0 Å². The Morgan fingerprint density at radius 2 is 1.14 bits per heavy atom. The van der Waals surface area contributed by atoms with Gasteiger partial charge in [0.25, 0.3) is 0 Å². The van der Waals surface area contributed by atoms with E-state index in [-0.39, 0.29) is 0 Å². The normalized spacial score (nSPS) is 12.3. The Kier molecular flexibility index (Phi) is 5.20. The summed E-state index contributed by atoms with van der Waals surface area (Å²) in [5.74, 6) is 0. The molecule has 0 aliphatic rings. The van der Waals surface area contributed by atoms with E-state index >= 15 is 0 Å². The van der Waals surface area contributed by atoms with Crippen LogP contribution in [-0.2, 0) is 0 Å². The number of pyridine rings is 1. The van der Waals surface area contributed by atoms with Crippen LogP contribution in [-0.4, -0.2) is 14.0 Å². The Bertz CT molecular complexity index is 3420. The van der Waals surface area contributed by atoms with Gasteiger partial charge in [-0.2, -0.15) is 0 Å². The molecule has 0 bridgehead atoms. The fourth-order valence-electron chi connectivity index (χ4n) is 8.55. The topological polar surface area (TPSA) is 35.4 Å². The number of rotatable bonds is 2. The lowest BCUT2D eigenvalue weighted by Gasteiger charge is -2.12. The van der Waals surface area contributed by atoms with Crippen LogP contribution >= 0.6 is 0 Å². The standard InChI is InChI=1S/C47H27N3O/c1-2-10-32-29(9-1)19-23-35-37-26-36-33-11-3-6-14-41(33)50-42-15-7-5-13-40(42)48-47(50)39(36)27-43(37)49(46(32)35)31-21-17-28(18-22-31)30-20-24-45-38(25-30)34-12-4-8-16-44(34)51-45/h1-27H. The summed E-state index contributed by atoms with van der Waals surface area (Å²) < 4.78 is 10.9. The smallest absolute Gasteiger partial charge is 0.146 e. The minimum absolute atomic E-state index is 0.910. The molecule has 4 aromatic heterocycles. The summed E-state index contributed by atoms with van der Waals surface area (Å²) in [6, 6.07) is 59.0. The van der Waals surface area contributed by atoms with Gasteiger partial charge in [-0.3, -0.25) is 4.40 Å². The zero-order valence-corrected chi connectivity index (χ0v) is 27.3. The molecule has 0 radical (unpaired) electrons. The van der Waals surface area contributed by atoms with Gasteiger partial charge in [0.2, 0.25) is 0 Å². The van der Waals surface area contributed by atoms with Crippen LogP contribution in [0.2, 0.25) is 0 Å². The number of fused-ring (bicyclic) bond motifs is 16. The maximum atomic E-state index is 6.12. The highest BCUT2D eigenvalue weighted by atomic mass is 16.3. The van der Waals surface area contributed by atoms with E-state index in [2.05, 4.69) is 161 Å². The second-order valence-corrected chi connectivity index (χ2v) is 13.6. The Balaban J connectivity index is 1.16. The van der Waals surface area contributed by atoms with Gasteiger partial charge >= 0.3 is 0 Å². The molecule has 0 atom stereocenters. The molecule has 0 amide bonds. The zero-order valence-electron chi connectivity index (χ0n) is 27.3. The summed E-state index contributed by atoms with van der Waals surface area (Å²) >= 11 is 0. The Morgan fingerprint density at radius 3 is 2.04 bits per heavy atom. The second kappa shape index (κ2) is 9.84. The molecule has 0 aliphatic carbocycles. The molecular formula is C47H27N3O. The van der Waals surface area contributed by atoms with E-state index in [4.69, 9.17) is 9.40 Å². The third-order valence-corrected chi connectivity index (χ3v) is 10.9. The number of furan rings is 1. The van der Waals surface area contributed by atoms with Crippen molar-refractivity contribution in [2.24, 2.45) is 0 Å². The first kappa shape index (κ1) is 27.0. The fraction of sp³-hybridized carbons (Fsp3) is 0. The van der Waals surface area contributed by atoms with Crippen LogP contribution in [0, 0.1) is 0 Å². The van der Waals surface area contributed by atoms with Crippen molar-refractivity contribution in [1.29, 1.82) is 0 Å². The summed E-state index contributed by atoms with van der Waals surface area (Å²) in [6.07, 6.45) is 0. The molecule has 4 nitrogen and oxygen atoms in total. The Hall–Kier alpha value is -6.91. The molecule has 4 heteroatoms. The highest BCUT2D eigenvalue weighted by Crippen LogP contribution is 2.42. The largest absolute Gasteiger partial charge is 0.456 e. The van der Waals surface area contributed by atoms with Gasteiger partial charge in [-0.05, 0) is 82.6 Å². The summed E-state index contributed by atoms with van der Waals surface area (Å²) in [4.78, 5) is 5.24. The van der Waals surface area contributed by atoms with Crippen molar-refractivity contribution in [3.63, 3.8) is 0 Å². The van der Waals surface area contributed by atoms with Gasteiger partial charge in [-0.25, -0.2) is 4.98 Å². The van der Waals surface area contributed by atoms with Crippen LogP contribution < -0.4 is 0 Å². The first-order valence-electron chi connectivity index (χ1n) is 17.4. The summed E-state index contributed by atoms with van der Waals surface area (Å²) in [6.45, 7) is 0. The van der Waals surface area contributed by atoms with Crippen LogP contribution in [0.3, 0.4) is 0 Å². The number of imidazole rings is 1. The monoisotopic (exact) mass is 649 g/mol. The van der Waals surface area contributed by atoms with Gasteiger partial charge in [-0.15, -0.1) is 0 Å². The maximum Gasteiger partial charge on any atom is 0.146 e. The Labute approximate surface area is 291 Å². The minimum atomic E-state index is 0.910. The van der Waals surface area contributed by atoms with Gasteiger partial charge < -0.3 is 8.98 Å². The van der Waals surface area contributed by atoms with E-state index in [0.29, 0.717) is 0 Å². The van der Waals surface area contributed by atoms with Crippen LogP contribution in [0.15, 0.2) is 168 Å². The average Bonchev–Trinajstić information content (AvgIpc) is 3.87.